The molecule has 0 N–H and O–H groups in total. The Morgan fingerprint density at radius 3 is 2.39 bits per heavy atom. The summed E-state index contributed by atoms with van der Waals surface area (Å²) in [4.78, 5) is 4.05. The molecule has 0 aliphatic carbocycles. The summed E-state index contributed by atoms with van der Waals surface area (Å²) in [5.74, 6) is 1.32. The minimum Gasteiger partial charge on any atom is -0.497 e. The quantitative estimate of drug-likeness (QED) is 0.618. The molecular formula is C21H21F3N6O. The van der Waals surface area contributed by atoms with Gasteiger partial charge in [-0.1, -0.05) is 6.07 Å². The van der Waals surface area contributed by atoms with Gasteiger partial charge in [-0.25, -0.2) is 0 Å². The molecule has 1 saturated heterocycles. The predicted molar refractivity (Wildman–Crippen MR) is 110 cm³/mol. The van der Waals surface area contributed by atoms with Crippen LogP contribution >= 0.6 is 0 Å². The first-order valence-corrected chi connectivity index (χ1v) is 9.71. The topological polar surface area (TPSA) is 59.3 Å². The van der Waals surface area contributed by atoms with E-state index in [1.54, 1.807) is 17.9 Å². The van der Waals surface area contributed by atoms with E-state index in [4.69, 9.17) is 4.74 Å². The van der Waals surface area contributed by atoms with E-state index in [-0.39, 0.29) is 0 Å². The summed E-state index contributed by atoms with van der Waals surface area (Å²) in [5, 5.41) is 11.8. The van der Waals surface area contributed by atoms with E-state index in [1.807, 2.05) is 41.4 Å². The van der Waals surface area contributed by atoms with Gasteiger partial charge in [-0.15, -0.1) is 5.10 Å². The number of anilines is 1. The normalized spacial score (nSPS) is 15.0. The second-order valence-electron chi connectivity index (χ2n) is 7.03. The van der Waals surface area contributed by atoms with E-state index in [0.717, 1.165) is 17.5 Å². The molecule has 3 aromatic rings. The van der Waals surface area contributed by atoms with Gasteiger partial charge in [-0.05, 0) is 52.9 Å². The van der Waals surface area contributed by atoms with E-state index in [1.165, 1.54) is 12.1 Å². The molecule has 0 spiro atoms. The smallest absolute Gasteiger partial charge is 0.416 e. The number of hydrogen-bond acceptors (Lipinski definition) is 6. The summed E-state index contributed by atoms with van der Waals surface area (Å²) in [6.07, 6.45) is -0.603. The number of benzene rings is 2. The lowest BCUT2D eigenvalue weighted by atomic mass is 10.1. The van der Waals surface area contributed by atoms with Crippen molar-refractivity contribution in [2.45, 2.75) is 6.18 Å². The van der Waals surface area contributed by atoms with Crippen molar-refractivity contribution in [3.8, 4) is 11.4 Å². The van der Waals surface area contributed by atoms with Gasteiger partial charge in [0.2, 0.25) is 0 Å². The number of nitrogens with zero attached hydrogens (tertiary/aromatic N) is 6. The van der Waals surface area contributed by atoms with E-state index in [9.17, 15) is 13.2 Å². The third-order valence-corrected chi connectivity index (χ3v) is 5.10. The minimum absolute atomic E-state index is 0.575. The molecule has 1 aliphatic heterocycles. The second kappa shape index (κ2) is 8.66. The lowest BCUT2D eigenvalue weighted by Gasteiger charge is -2.35. The van der Waals surface area contributed by atoms with Crippen molar-refractivity contribution in [2.75, 3.05) is 38.2 Å². The predicted octanol–water partition coefficient (Wildman–Crippen LogP) is 3.48. The second-order valence-corrected chi connectivity index (χ2v) is 7.03. The maximum absolute atomic E-state index is 13.0. The Labute approximate surface area is 177 Å². The Kier molecular flexibility index (Phi) is 5.79. The van der Waals surface area contributed by atoms with E-state index in [2.05, 4.69) is 20.4 Å². The summed E-state index contributed by atoms with van der Waals surface area (Å²) in [6, 6.07) is 12.8. The van der Waals surface area contributed by atoms with Crippen LogP contribution in [0.3, 0.4) is 0 Å². The number of ether oxygens (including phenoxy) is 1. The van der Waals surface area contributed by atoms with Crippen LogP contribution in [0.4, 0.5) is 18.9 Å². The fraction of sp³-hybridized carbons (Fsp3) is 0.286. The number of rotatable bonds is 5. The zero-order valence-corrected chi connectivity index (χ0v) is 16.8. The zero-order valence-electron chi connectivity index (χ0n) is 16.8. The summed E-state index contributed by atoms with van der Waals surface area (Å²) >= 11 is 0. The van der Waals surface area contributed by atoms with Crippen LogP contribution in [-0.2, 0) is 6.18 Å². The van der Waals surface area contributed by atoms with Crippen LogP contribution in [-0.4, -0.2) is 58.4 Å². The molecule has 0 unspecified atom stereocenters. The molecule has 162 valence electrons. The Morgan fingerprint density at radius 2 is 1.71 bits per heavy atom. The van der Waals surface area contributed by atoms with Crippen LogP contribution in [0.5, 0.6) is 5.75 Å². The molecule has 0 atom stereocenters. The van der Waals surface area contributed by atoms with Crippen LogP contribution in [0.25, 0.3) is 11.8 Å². The van der Waals surface area contributed by atoms with E-state index >= 15 is 0 Å². The van der Waals surface area contributed by atoms with Gasteiger partial charge in [-0.2, -0.15) is 17.9 Å². The highest BCUT2D eigenvalue weighted by atomic mass is 19.4. The monoisotopic (exact) mass is 430 g/mol. The number of alkyl halides is 3. The fourth-order valence-electron chi connectivity index (χ4n) is 3.39. The highest BCUT2D eigenvalue weighted by molar-refractivity contribution is 5.50. The van der Waals surface area contributed by atoms with Crippen molar-refractivity contribution in [3.05, 3.63) is 66.1 Å². The van der Waals surface area contributed by atoms with E-state index < -0.39 is 11.7 Å². The molecule has 2 heterocycles. The standard InChI is InChI=1S/C21H21F3N6O/c1-31-19-7-5-17(6-8-19)30-20(25-26-27-30)9-10-28-11-13-29(14-12-28)18-4-2-3-16(15-18)21(22,23)24/h2-10,15H,11-14H2,1H3/b10-9+. The van der Waals surface area contributed by atoms with Crippen LogP contribution in [0, 0.1) is 0 Å². The number of methoxy groups -OCH3 is 1. The van der Waals surface area contributed by atoms with Crippen molar-refractivity contribution in [3.63, 3.8) is 0 Å². The lowest BCUT2D eigenvalue weighted by molar-refractivity contribution is -0.137. The number of halogens is 3. The molecule has 1 aliphatic rings. The van der Waals surface area contributed by atoms with Gasteiger partial charge < -0.3 is 14.5 Å². The average Bonchev–Trinajstić information content (AvgIpc) is 3.26. The molecule has 0 radical (unpaired) electrons. The molecule has 0 saturated carbocycles. The Balaban J connectivity index is 1.39. The molecule has 1 fully saturated rings. The Morgan fingerprint density at radius 1 is 0.968 bits per heavy atom. The summed E-state index contributed by atoms with van der Waals surface area (Å²) in [7, 11) is 1.60. The van der Waals surface area contributed by atoms with Crippen molar-refractivity contribution in [1.82, 2.24) is 25.1 Å². The van der Waals surface area contributed by atoms with Gasteiger partial charge in [-0.3, -0.25) is 0 Å². The first-order valence-electron chi connectivity index (χ1n) is 9.71. The molecule has 31 heavy (non-hydrogen) atoms. The SMILES string of the molecule is COc1ccc(-n2nnnc2/C=C/N2CCN(c3cccc(C(F)(F)F)c3)CC2)cc1. The molecule has 7 nitrogen and oxygen atoms in total. The molecule has 4 rings (SSSR count). The minimum atomic E-state index is -4.34. The van der Waals surface area contributed by atoms with Gasteiger partial charge in [0.1, 0.15) is 5.75 Å². The van der Waals surface area contributed by atoms with Crippen LogP contribution < -0.4 is 9.64 Å². The van der Waals surface area contributed by atoms with Gasteiger partial charge in [0.05, 0.1) is 18.4 Å². The van der Waals surface area contributed by atoms with Gasteiger partial charge >= 0.3 is 6.18 Å². The van der Waals surface area contributed by atoms with Crippen molar-refractivity contribution in [2.24, 2.45) is 0 Å². The molecule has 10 heteroatoms. The highest BCUT2D eigenvalue weighted by Gasteiger charge is 2.31. The maximum atomic E-state index is 13.0. The van der Waals surface area contributed by atoms with Crippen LogP contribution in [0.1, 0.15) is 11.4 Å². The summed E-state index contributed by atoms with van der Waals surface area (Å²) < 4.78 is 45.7. The lowest BCUT2D eigenvalue weighted by Crippen LogP contribution is -2.44. The van der Waals surface area contributed by atoms with Crippen LogP contribution in [0.2, 0.25) is 0 Å². The number of hydrogen-bond donors (Lipinski definition) is 0. The van der Waals surface area contributed by atoms with Gasteiger partial charge in [0.25, 0.3) is 0 Å². The summed E-state index contributed by atoms with van der Waals surface area (Å²) in [5.41, 5.74) is 0.763. The third kappa shape index (κ3) is 4.79. The molecular weight excluding hydrogens is 409 g/mol. The molecule has 1 aromatic heterocycles. The zero-order chi connectivity index (χ0) is 21.8. The Bertz CT molecular complexity index is 1040. The van der Waals surface area contributed by atoms with Crippen molar-refractivity contribution in [1.29, 1.82) is 0 Å². The largest absolute Gasteiger partial charge is 0.497 e. The number of tetrazole rings is 1. The number of piperazine rings is 1. The maximum Gasteiger partial charge on any atom is 0.416 e. The van der Waals surface area contributed by atoms with Gasteiger partial charge in [0.15, 0.2) is 5.82 Å². The van der Waals surface area contributed by atoms with Crippen molar-refractivity contribution >= 4 is 11.8 Å². The van der Waals surface area contributed by atoms with Crippen molar-refractivity contribution < 1.29 is 17.9 Å². The summed E-state index contributed by atoms with van der Waals surface area (Å²) in [6.45, 7) is 2.60. The molecule has 2 aromatic carbocycles. The Hall–Kier alpha value is -3.56. The van der Waals surface area contributed by atoms with E-state index in [0.29, 0.717) is 37.7 Å². The fourth-order valence-corrected chi connectivity index (χ4v) is 3.39. The third-order valence-electron chi connectivity index (χ3n) is 5.10. The number of aromatic nitrogens is 4. The van der Waals surface area contributed by atoms with Gasteiger partial charge in [0, 0.05) is 44.1 Å². The highest BCUT2D eigenvalue weighted by Crippen LogP contribution is 2.31. The molecule has 0 amide bonds. The molecule has 0 bridgehead atoms. The first-order chi connectivity index (χ1) is 14.9. The van der Waals surface area contributed by atoms with Crippen LogP contribution in [0.15, 0.2) is 54.7 Å². The first kappa shape index (κ1) is 20.7. The average molecular weight is 430 g/mol.